The Bertz CT molecular complexity index is 918. The molecule has 0 aromatic heterocycles. The Labute approximate surface area is 186 Å². The number of anilines is 2. The molecule has 2 aromatic carbocycles. The smallest absolute Gasteiger partial charge is 0.243 e. The van der Waals surface area contributed by atoms with E-state index >= 15 is 0 Å². The van der Waals surface area contributed by atoms with Gasteiger partial charge in [-0.25, -0.2) is 8.42 Å². The summed E-state index contributed by atoms with van der Waals surface area (Å²) >= 11 is 0. The minimum Gasteiger partial charge on any atom is -0.494 e. The van der Waals surface area contributed by atoms with Crippen molar-refractivity contribution in [2.45, 2.75) is 32.7 Å². The second-order valence-corrected chi connectivity index (χ2v) is 9.17. The number of carbonyl (C=O) groups is 1. The molecule has 31 heavy (non-hydrogen) atoms. The number of sulfonamides is 1. The van der Waals surface area contributed by atoms with Crippen molar-refractivity contribution in [1.82, 2.24) is 5.32 Å². The van der Waals surface area contributed by atoms with Crippen molar-refractivity contribution < 1.29 is 17.9 Å². The highest BCUT2D eigenvalue weighted by Crippen LogP contribution is 2.25. The third kappa shape index (κ3) is 7.17. The summed E-state index contributed by atoms with van der Waals surface area (Å²) in [5.41, 5.74) is 1.55. The Morgan fingerprint density at radius 3 is 2.23 bits per heavy atom. The average molecular weight is 448 g/mol. The summed E-state index contributed by atoms with van der Waals surface area (Å²) in [7, 11) is -1.65. The van der Waals surface area contributed by atoms with E-state index in [4.69, 9.17) is 4.74 Å². The van der Waals surface area contributed by atoms with Gasteiger partial charge in [-0.2, -0.15) is 0 Å². The lowest BCUT2D eigenvalue weighted by molar-refractivity contribution is -0.122. The van der Waals surface area contributed by atoms with E-state index in [0.717, 1.165) is 24.9 Å². The average Bonchev–Trinajstić information content (AvgIpc) is 2.75. The normalized spacial score (nSPS) is 12.1. The minimum atomic E-state index is -3.66. The van der Waals surface area contributed by atoms with Crippen molar-refractivity contribution in [3.8, 4) is 5.75 Å². The number of amides is 1. The van der Waals surface area contributed by atoms with Gasteiger partial charge in [0.2, 0.25) is 15.9 Å². The molecule has 2 rings (SSSR count). The number of rotatable bonds is 12. The highest BCUT2D eigenvalue weighted by molar-refractivity contribution is 7.92. The maximum atomic E-state index is 12.9. The first-order valence-corrected chi connectivity index (χ1v) is 12.4. The molecule has 170 valence electrons. The van der Waals surface area contributed by atoms with Gasteiger partial charge >= 0.3 is 0 Å². The zero-order valence-electron chi connectivity index (χ0n) is 18.7. The molecule has 0 aliphatic carbocycles. The molecule has 2 aromatic rings. The summed E-state index contributed by atoms with van der Waals surface area (Å²) in [4.78, 5) is 15.0. The molecule has 1 N–H and O–H groups in total. The van der Waals surface area contributed by atoms with E-state index in [1.165, 1.54) is 4.31 Å². The van der Waals surface area contributed by atoms with Gasteiger partial charge in [0, 0.05) is 25.8 Å². The highest BCUT2D eigenvalue weighted by Gasteiger charge is 2.31. The fraction of sp³-hybridized carbons (Fsp3) is 0.435. The fourth-order valence-electron chi connectivity index (χ4n) is 3.37. The number of nitrogens with one attached hydrogen (secondary N) is 1. The zero-order chi connectivity index (χ0) is 22.9. The van der Waals surface area contributed by atoms with Gasteiger partial charge < -0.3 is 15.0 Å². The molecule has 0 spiro atoms. The van der Waals surface area contributed by atoms with Crippen LogP contribution in [0.25, 0.3) is 0 Å². The van der Waals surface area contributed by atoms with Gasteiger partial charge in [0.15, 0.2) is 0 Å². The largest absolute Gasteiger partial charge is 0.494 e. The van der Waals surface area contributed by atoms with Crippen LogP contribution < -0.4 is 19.3 Å². The Balaban J connectivity index is 2.01. The van der Waals surface area contributed by atoms with Crippen LogP contribution in [0.1, 0.15) is 26.7 Å². The first-order chi connectivity index (χ1) is 14.8. The van der Waals surface area contributed by atoms with E-state index in [1.54, 1.807) is 31.2 Å². The van der Waals surface area contributed by atoms with Crippen LogP contribution in [0, 0.1) is 0 Å². The second kappa shape index (κ2) is 11.6. The lowest BCUT2D eigenvalue weighted by atomic mass is 10.2. The van der Waals surface area contributed by atoms with E-state index in [-0.39, 0.29) is 5.91 Å². The van der Waals surface area contributed by atoms with Gasteiger partial charge in [-0.15, -0.1) is 0 Å². The van der Waals surface area contributed by atoms with E-state index < -0.39 is 16.1 Å². The molecule has 7 nitrogen and oxygen atoms in total. The van der Waals surface area contributed by atoms with E-state index in [0.29, 0.717) is 31.0 Å². The maximum absolute atomic E-state index is 12.9. The molecule has 0 heterocycles. The molecular formula is C23H33N3O4S. The quantitative estimate of drug-likeness (QED) is 0.505. The lowest BCUT2D eigenvalue weighted by Gasteiger charge is -2.30. The molecule has 0 fully saturated rings. The Morgan fingerprint density at radius 2 is 1.68 bits per heavy atom. The molecule has 1 amide bonds. The van der Waals surface area contributed by atoms with Crippen molar-refractivity contribution >= 4 is 27.3 Å². The van der Waals surface area contributed by atoms with Crippen molar-refractivity contribution in [1.29, 1.82) is 0 Å². The first kappa shape index (κ1) is 24.5. The Kier molecular flexibility index (Phi) is 9.18. The van der Waals surface area contributed by atoms with E-state index in [9.17, 15) is 13.2 Å². The number of hydrogen-bond donors (Lipinski definition) is 1. The van der Waals surface area contributed by atoms with Crippen molar-refractivity contribution in [3.05, 3.63) is 54.6 Å². The van der Waals surface area contributed by atoms with Crippen LogP contribution in [0.15, 0.2) is 54.6 Å². The van der Waals surface area contributed by atoms with E-state index in [2.05, 4.69) is 10.2 Å². The van der Waals surface area contributed by atoms with Gasteiger partial charge in [0.25, 0.3) is 0 Å². The molecule has 0 radical (unpaired) electrons. The minimum absolute atomic E-state index is 0.302. The van der Waals surface area contributed by atoms with Crippen LogP contribution >= 0.6 is 0 Å². The van der Waals surface area contributed by atoms with Crippen molar-refractivity contribution in [3.63, 3.8) is 0 Å². The van der Waals surface area contributed by atoms with Crippen LogP contribution in [0.4, 0.5) is 11.4 Å². The second-order valence-electron chi connectivity index (χ2n) is 7.31. The van der Waals surface area contributed by atoms with Crippen molar-refractivity contribution in [2.24, 2.45) is 0 Å². The topological polar surface area (TPSA) is 79.0 Å². The number of hydrogen-bond acceptors (Lipinski definition) is 5. The summed E-state index contributed by atoms with van der Waals surface area (Å²) in [6.07, 6.45) is 2.22. The molecule has 0 saturated heterocycles. The summed E-state index contributed by atoms with van der Waals surface area (Å²) in [6, 6.07) is 15.9. The molecule has 1 atom stereocenters. The van der Waals surface area contributed by atoms with Gasteiger partial charge in [-0.3, -0.25) is 9.10 Å². The maximum Gasteiger partial charge on any atom is 0.243 e. The van der Waals surface area contributed by atoms with Crippen molar-refractivity contribution in [2.75, 3.05) is 42.2 Å². The van der Waals surface area contributed by atoms with Gasteiger partial charge in [0.05, 0.1) is 18.6 Å². The third-order valence-corrected chi connectivity index (χ3v) is 6.08. The summed E-state index contributed by atoms with van der Waals surface area (Å²) in [5, 5.41) is 2.90. The molecule has 8 heteroatoms. The SMILES string of the molecule is CCOc1ccc(N([C@H](CC)C(=O)NCCCN(C)c2ccccc2)S(C)(=O)=O)cc1. The van der Waals surface area contributed by atoms with Gasteiger partial charge in [0.1, 0.15) is 11.8 Å². The number of ether oxygens (including phenoxy) is 1. The van der Waals surface area contributed by atoms with Crippen LogP contribution in [0.2, 0.25) is 0 Å². The standard InChI is InChI=1S/C23H33N3O4S/c1-5-22(23(27)24-17-10-18-25(3)19-11-8-7-9-12-19)26(31(4,28)29)20-13-15-21(16-14-20)30-6-2/h7-9,11-16,22H,5-6,10,17-18H2,1-4H3,(H,24,27)/t22-/m1/s1. The van der Waals surface area contributed by atoms with Crippen LogP contribution in [-0.4, -0.2) is 53.4 Å². The molecule has 0 saturated carbocycles. The molecule has 0 aliphatic heterocycles. The summed E-state index contributed by atoms with van der Waals surface area (Å²) < 4.78 is 31.7. The van der Waals surface area contributed by atoms with Crippen LogP contribution in [0.3, 0.4) is 0 Å². The van der Waals surface area contributed by atoms with Gasteiger partial charge in [-0.1, -0.05) is 25.1 Å². The number of nitrogens with zero attached hydrogens (tertiary/aromatic N) is 2. The Hall–Kier alpha value is -2.74. The van der Waals surface area contributed by atoms with Crippen LogP contribution in [-0.2, 0) is 14.8 Å². The predicted octanol–water partition coefficient (Wildman–Crippen LogP) is 3.27. The third-order valence-electron chi connectivity index (χ3n) is 4.90. The summed E-state index contributed by atoms with van der Waals surface area (Å²) in [6.45, 7) is 5.45. The number of para-hydroxylation sites is 1. The molecule has 0 aliphatic rings. The molecule has 0 unspecified atom stereocenters. The first-order valence-electron chi connectivity index (χ1n) is 10.5. The number of carbonyl (C=O) groups excluding carboxylic acids is 1. The highest BCUT2D eigenvalue weighted by atomic mass is 32.2. The summed E-state index contributed by atoms with van der Waals surface area (Å²) in [5.74, 6) is 0.351. The zero-order valence-corrected chi connectivity index (χ0v) is 19.6. The monoisotopic (exact) mass is 447 g/mol. The lowest BCUT2D eigenvalue weighted by Crippen LogP contribution is -2.49. The van der Waals surface area contributed by atoms with Crippen LogP contribution in [0.5, 0.6) is 5.75 Å². The molecular weight excluding hydrogens is 414 g/mol. The van der Waals surface area contributed by atoms with E-state index in [1.807, 2.05) is 44.3 Å². The van der Waals surface area contributed by atoms with Gasteiger partial charge in [-0.05, 0) is 56.2 Å². The number of benzene rings is 2. The predicted molar refractivity (Wildman–Crippen MR) is 126 cm³/mol. The molecule has 0 bridgehead atoms. The Morgan fingerprint density at radius 1 is 1.03 bits per heavy atom. The fourth-order valence-corrected chi connectivity index (χ4v) is 4.59.